The predicted octanol–water partition coefficient (Wildman–Crippen LogP) is 2.01. The predicted molar refractivity (Wildman–Crippen MR) is 78.0 cm³/mol. The largest absolute Gasteiger partial charge is 0.467 e. The van der Waals surface area contributed by atoms with Gasteiger partial charge in [0.1, 0.15) is 12.4 Å². The number of morpholine rings is 1. The summed E-state index contributed by atoms with van der Waals surface area (Å²) >= 11 is 0. The van der Waals surface area contributed by atoms with Crippen LogP contribution in [0.3, 0.4) is 0 Å². The number of furan rings is 1. The Bertz CT molecular complexity index is 421. The average Bonchev–Trinajstić information content (AvgIpc) is 2.98. The number of amides is 2. The van der Waals surface area contributed by atoms with Gasteiger partial charge < -0.3 is 24.1 Å². The monoisotopic (exact) mass is 296 g/mol. The van der Waals surface area contributed by atoms with E-state index in [0.29, 0.717) is 32.9 Å². The van der Waals surface area contributed by atoms with Crippen LogP contribution in [-0.2, 0) is 16.1 Å². The van der Waals surface area contributed by atoms with Crippen LogP contribution in [-0.4, -0.2) is 49.4 Å². The summed E-state index contributed by atoms with van der Waals surface area (Å²) in [5.41, 5.74) is 0. The van der Waals surface area contributed by atoms with Crippen molar-refractivity contribution in [2.24, 2.45) is 0 Å². The molecule has 1 saturated heterocycles. The number of rotatable bonds is 6. The zero-order chi connectivity index (χ0) is 15.1. The average molecular weight is 296 g/mol. The summed E-state index contributed by atoms with van der Waals surface area (Å²) in [5.74, 6) is 0.815. The molecule has 0 radical (unpaired) electrons. The van der Waals surface area contributed by atoms with Crippen molar-refractivity contribution < 1.29 is 18.7 Å². The van der Waals surface area contributed by atoms with Gasteiger partial charge in [0.15, 0.2) is 0 Å². The van der Waals surface area contributed by atoms with E-state index in [2.05, 4.69) is 5.32 Å². The molecule has 0 unspecified atom stereocenters. The molecular formula is C15H24N2O4. The highest BCUT2D eigenvalue weighted by atomic mass is 16.5. The third-order valence-corrected chi connectivity index (χ3v) is 3.71. The number of urea groups is 1. The van der Waals surface area contributed by atoms with Gasteiger partial charge in [0.25, 0.3) is 0 Å². The molecular weight excluding hydrogens is 272 g/mol. The van der Waals surface area contributed by atoms with Crippen molar-refractivity contribution in [1.82, 2.24) is 10.2 Å². The number of nitrogens with zero attached hydrogens (tertiary/aromatic N) is 1. The van der Waals surface area contributed by atoms with E-state index < -0.39 is 0 Å². The van der Waals surface area contributed by atoms with Gasteiger partial charge in [-0.1, -0.05) is 0 Å². The Hall–Kier alpha value is -1.53. The number of carbonyl (C=O) groups excluding carboxylic acids is 1. The fourth-order valence-electron chi connectivity index (χ4n) is 2.26. The summed E-state index contributed by atoms with van der Waals surface area (Å²) < 4.78 is 16.1. The number of hydrogen-bond donors (Lipinski definition) is 1. The number of hydrogen-bond acceptors (Lipinski definition) is 4. The molecule has 2 heterocycles. The Morgan fingerprint density at radius 1 is 1.52 bits per heavy atom. The zero-order valence-electron chi connectivity index (χ0n) is 12.7. The molecule has 1 aliphatic heterocycles. The van der Waals surface area contributed by atoms with Gasteiger partial charge in [0.05, 0.1) is 25.0 Å². The summed E-state index contributed by atoms with van der Waals surface area (Å²) in [6.07, 6.45) is 2.49. The fraction of sp³-hybridized carbons (Fsp3) is 0.667. The lowest BCUT2D eigenvalue weighted by molar-refractivity contribution is -0.0376. The van der Waals surface area contributed by atoms with Gasteiger partial charge in [-0.3, -0.25) is 0 Å². The lowest BCUT2D eigenvalue weighted by atomic mass is 10.1. The van der Waals surface area contributed by atoms with E-state index in [1.54, 1.807) is 6.26 Å². The smallest absolute Gasteiger partial charge is 0.317 e. The molecule has 21 heavy (non-hydrogen) atoms. The molecule has 2 rings (SSSR count). The summed E-state index contributed by atoms with van der Waals surface area (Å²) in [4.78, 5) is 13.9. The topological polar surface area (TPSA) is 63.9 Å². The first-order chi connectivity index (χ1) is 10.2. The van der Waals surface area contributed by atoms with Gasteiger partial charge in [0, 0.05) is 19.7 Å². The van der Waals surface area contributed by atoms with E-state index in [9.17, 15) is 4.79 Å². The lowest BCUT2D eigenvalue weighted by Gasteiger charge is -2.37. The summed E-state index contributed by atoms with van der Waals surface area (Å²) in [6.45, 7) is 6.92. The van der Waals surface area contributed by atoms with Crippen molar-refractivity contribution in [3.8, 4) is 0 Å². The standard InChI is InChI=1S/C15H24N2O4/c1-12-13(2)20-10-7-17(12)15(18)16-6-4-8-19-11-14-5-3-9-21-14/h3,5,9,12-13H,4,6-8,10-11H2,1-2H3,(H,16,18)/t12-,13+/m1/s1. The molecule has 118 valence electrons. The van der Waals surface area contributed by atoms with Crippen LogP contribution in [0.1, 0.15) is 26.0 Å². The van der Waals surface area contributed by atoms with Crippen molar-refractivity contribution in [2.75, 3.05) is 26.3 Å². The van der Waals surface area contributed by atoms with Crippen molar-refractivity contribution in [3.05, 3.63) is 24.2 Å². The highest BCUT2D eigenvalue weighted by molar-refractivity contribution is 5.74. The molecule has 1 aliphatic rings. The Morgan fingerprint density at radius 2 is 2.38 bits per heavy atom. The van der Waals surface area contributed by atoms with Crippen LogP contribution in [0.5, 0.6) is 0 Å². The molecule has 1 aromatic rings. The lowest BCUT2D eigenvalue weighted by Crippen LogP contribution is -2.54. The van der Waals surface area contributed by atoms with E-state index in [0.717, 1.165) is 12.2 Å². The summed E-state index contributed by atoms with van der Waals surface area (Å²) in [6, 6.07) is 3.80. The second kappa shape index (κ2) is 8.05. The first-order valence-corrected chi connectivity index (χ1v) is 7.44. The van der Waals surface area contributed by atoms with Gasteiger partial charge in [-0.2, -0.15) is 0 Å². The molecule has 6 nitrogen and oxygen atoms in total. The molecule has 1 aromatic heterocycles. The second-order valence-corrected chi connectivity index (χ2v) is 5.23. The molecule has 0 saturated carbocycles. The zero-order valence-corrected chi connectivity index (χ0v) is 12.7. The third-order valence-electron chi connectivity index (χ3n) is 3.71. The molecule has 0 spiro atoms. The summed E-state index contributed by atoms with van der Waals surface area (Å²) in [7, 11) is 0. The van der Waals surface area contributed by atoms with Crippen LogP contribution < -0.4 is 5.32 Å². The van der Waals surface area contributed by atoms with Crippen LogP contribution in [0.25, 0.3) is 0 Å². The van der Waals surface area contributed by atoms with Gasteiger partial charge in [-0.05, 0) is 32.4 Å². The van der Waals surface area contributed by atoms with Crippen LogP contribution in [0.4, 0.5) is 4.79 Å². The Balaban J connectivity index is 1.56. The van der Waals surface area contributed by atoms with E-state index in [1.165, 1.54) is 0 Å². The Labute approximate surface area is 125 Å². The van der Waals surface area contributed by atoms with Crippen molar-refractivity contribution in [2.45, 2.75) is 39.0 Å². The number of ether oxygens (including phenoxy) is 2. The molecule has 6 heteroatoms. The quantitative estimate of drug-likeness (QED) is 0.816. The van der Waals surface area contributed by atoms with Gasteiger partial charge >= 0.3 is 6.03 Å². The second-order valence-electron chi connectivity index (χ2n) is 5.23. The molecule has 0 aliphatic carbocycles. The Kier molecular flexibility index (Phi) is 6.07. The van der Waals surface area contributed by atoms with E-state index >= 15 is 0 Å². The maximum atomic E-state index is 12.1. The summed E-state index contributed by atoms with van der Waals surface area (Å²) in [5, 5.41) is 2.93. The minimum atomic E-state index is -0.0244. The normalized spacial score (nSPS) is 22.3. The molecule has 2 amide bonds. The maximum Gasteiger partial charge on any atom is 0.317 e. The van der Waals surface area contributed by atoms with Gasteiger partial charge in [-0.15, -0.1) is 0 Å². The highest BCUT2D eigenvalue weighted by Crippen LogP contribution is 2.13. The first kappa shape index (κ1) is 15.9. The molecule has 1 N–H and O–H groups in total. The van der Waals surface area contributed by atoms with Gasteiger partial charge in [0.2, 0.25) is 0 Å². The molecule has 2 atom stereocenters. The van der Waals surface area contributed by atoms with Crippen molar-refractivity contribution in [1.29, 1.82) is 0 Å². The van der Waals surface area contributed by atoms with Gasteiger partial charge in [-0.25, -0.2) is 4.79 Å². The van der Waals surface area contributed by atoms with E-state index in [1.807, 2.05) is 30.9 Å². The minimum Gasteiger partial charge on any atom is -0.467 e. The van der Waals surface area contributed by atoms with Crippen molar-refractivity contribution in [3.63, 3.8) is 0 Å². The van der Waals surface area contributed by atoms with Crippen LogP contribution in [0, 0.1) is 0 Å². The Morgan fingerprint density at radius 3 is 3.14 bits per heavy atom. The molecule has 1 fully saturated rings. The van der Waals surface area contributed by atoms with Crippen LogP contribution in [0.15, 0.2) is 22.8 Å². The SMILES string of the molecule is C[C@@H]1OCCN(C(=O)NCCCOCc2ccco2)[C@@H]1C. The van der Waals surface area contributed by atoms with E-state index in [4.69, 9.17) is 13.9 Å². The van der Waals surface area contributed by atoms with Crippen LogP contribution in [0.2, 0.25) is 0 Å². The number of carbonyl (C=O) groups is 1. The highest BCUT2D eigenvalue weighted by Gasteiger charge is 2.28. The fourth-order valence-corrected chi connectivity index (χ4v) is 2.26. The first-order valence-electron chi connectivity index (χ1n) is 7.44. The van der Waals surface area contributed by atoms with Crippen molar-refractivity contribution >= 4 is 6.03 Å². The van der Waals surface area contributed by atoms with Crippen LogP contribution >= 0.6 is 0 Å². The minimum absolute atomic E-state index is 0.0244. The molecule has 0 aromatic carbocycles. The molecule has 0 bridgehead atoms. The third kappa shape index (κ3) is 4.75. The van der Waals surface area contributed by atoms with E-state index in [-0.39, 0.29) is 18.2 Å². The number of nitrogens with one attached hydrogen (secondary N) is 1. The maximum absolute atomic E-state index is 12.1.